The Morgan fingerprint density at radius 2 is 2.07 bits per heavy atom. The maximum Gasteiger partial charge on any atom is 0.338 e. The molecule has 0 aliphatic rings. The number of aromatic amines is 1. The molecule has 0 fully saturated rings. The number of carbonyl (C=O) groups excluding carboxylic acids is 1. The first-order valence-corrected chi connectivity index (χ1v) is 8.16. The number of nitrogens with zero attached hydrogens (tertiary/aromatic N) is 3. The number of rotatable bonds is 6. The fraction of sp³-hybridized carbons (Fsp3) is 0.158. The van der Waals surface area contributed by atoms with Gasteiger partial charge in [0, 0.05) is 29.6 Å². The van der Waals surface area contributed by atoms with E-state index in [1.165, 1.54) is 12.5 Å². The van der Waals surface area contributed by atoms with Crippen LogP contribution in [-0.2, 0) is 4.79 Å². The number of carbonyl (C=O) groups is 2. The summed E-state index contributed by atoms with van der Waals surface area (Å²) in [5.41, 5.74) is 2.67. The van der Waals surface area contributed by atoms with Crippen molar-refractivity contribution >= 4 is 28.6 Å². The summed E-state index contributed by atoms with van der Waals surface area (Å²) in [5, 5.41) is 12.6. The molecule has 0 radical (unpaired) electrons. The average molecular weight is 365 g/mol. The number of carboxylic acids is 1. The van der Waals surface area contributed by atoms with Crippen molar-refractivity contribution in [1.82, 2.24) is 19.9 Å². The highest BCUT2D eigenvalue weighted by Gasteiger charge is 2.17. The van der Waals surface area contributed by atoms with Crippen LogP contribution in [0, 0.1) is 0 Å². The first kappa shape index (κ1) is 18.3. The summed E-state index contributed by atoms with van der Waals surface area (Å²) in [6.45, 7) is 4.24. The third-order valence-corrected chi connectivity index (χ3v) is 3.92. The number of aromatic nitrogens is 3. The fourth-order valence-corrected chi connectivity index (χ4v) is 2.77. The van der Waals surface area contributed by atoms with Gasteiger partial charge in [-0.05, 0) is 26.2 Å². The minimum Gasteiger partial charge on any atom is -0.478 e. The fourth-order valence-electron chi connectivity index (χ4n) is 2.77. The molecule has 2 heterocycles. The number of nitrogens with one attached hydrogen (secondary N) is 2. The van der Waals surface area contributed by atoms with Gasteiger partial charge < -0.3 is 20.3 Å². The van der Waals surface area contributed by atoms with Crippen LogP contribution >= 0.6 is 0 Å². The smallest absolute Gasteiger partial charge is 0.338 e. The Labute approximate surface area is 155 Å². The van der Waals surface area contributed by atoms with Gasteiger partial charge in [-0.2, -0.15) is 0 Å². The quantitative estimate of drug-likeness (QED) is 0.578. The monoisotopic (exact) mass is 365 g/mol. The van der Waals surface area contributed by atoms with E-state index in [0.29, 0.717) is 40.1 Å². The number of likely N-dealkylation sites (N-methyl/N-ethyl adjacent to an activating group) is 1. The van der Waals surface area contributed by atoms with Crippen LogP contribution in [0.1, 0.15) is 10.4 Å². The molecule has 1 amide bonds. The summed E-state index contributed by atoms with van der Waals surface area (Å²) in [6, 6.07) is 7.05. The van der Waals surface area contributed by atoms with Crippen LogP contribution in [0.2, 0.25) is 0 Å². The Bertz CT molecular complexity index is 1040. The van der Waals surface area contributed by atoms with Crippen molar-refractivity contribution in [3.8, 4) is 11.3 Å². The zero-order valence-corrected chi connectivity index (χ0v) is 15.0. The number of hydrogen-bond donors (Lipinski definition) is 3. The minimum atomic E-state index is -1.07. The molecule has 2 aromatic heterocycles. The van der Waals surface area contributed by atoms with Gasteiger partial charge in [0.25, 0.3) is 5.91 Å². The van der Waals surface area contributed by atoms with E-state index in [0.717, 1.165) is 0 Å². The van der Waals surface area contributed by atoms with Gasteiger partial charge in [0.1, 0.15) is 12.0 Å². The lowest BCUT2D eigenvalue weighted by atomic mass is 10.1. The Morgan fingerprint density at radius 1 is 1.30 bits per heavy atom. The molecule has 1 aromatic carbocycles. The summed E-state index contributed by atoms with van der Waals surface area (Å²) < 4.78 is 0. The summed E-state index contributed by atoms with van der Waals surface area (Å²) in [6.07, 6.45) is 2.76. The topological polar surface area (TPSA) is 111 Å². The van der Waals surface area contributed by atoms with Crippen LogP contribution in [0.5, 0.6) is 0 Å². The summed E-state index contributed by atoms with van der Waals surface area (Å²) >= 11 is 0. The number of aromatic carboxylic acids is 1. The van der Waals surface area contributed by atoms with Crippen molar-refractivity contribution in [2.45, 2.75) is 0 Å². The predicted molar refractivity (Wildman–Crippen MR) is 103 cm³/mol. The van der Waals surface area contributed by atoms with Crippen molar-refractivity contribution in [3.63, 3.8) is 0 Å². The van der Waals surface area contributed by atoms with Gasteiger partial charge >= 0.3 is 5.97 Å². The lowest BCUT2D eigenvalue weighted by molar-refractivity contribution is -0.113. The molecule has 0 bridgehead atoms. The van der Waals surface area contributed by atoms with Gasteiger partial charge in [0.15, 0.2) is 0 Å². The molecule has 0 aliphatic heterocycles. The number of anilines is 1. The highest BCUT2D eigenvalue weighted by atomic mass is 16.4. The van der Waals surface area contributed by atoms with Gasteiger partial charge in [-0.25, -0.2) is 14.8 Å². The number of benzene rings is 1. The Balaban J connectivity index is 1.96. The third-order valence-electron chi connectivity index (χ3n) is 3.92. The maximum atomic E-state index is 12.3. The van der Waals surface area contributed by atoms with E-state index in [-0.39, 0.29) is 11.5 Å². The first-order valence-electron chi connectivity index (χ1n) is 8.16. The molecule has 0 spiro atoms. The molecule has 0 saturated heterocycles. The molecule has 27 heavy (non-hydrogen) atoms. The van der Waals surface area contributed by atoms with Crippen LogP contribution in [0.4, 0.5) is 5.69 Å². The molecule has 3 rings (SSSR count). The van der Waals surface area contributed by atoms with Crippen molar-refractivity contribution in [2.24, 2.45) is 0 Å². The van der Waals surface area contributed by atoms with E-state index in [9.17, 15) is 14.7 Å². The van der Waals surface area contributed by atoms with Crippen LogP contribution < -0.4 is 5.32 Å². The van der Waals surface area contributed by atoms with Gasteiger partial charge in [-0.3, -0.25) is 4.79 Å². The maximum absolute atomic E-state index is 12.3. The SMILES string of the molecule is C=C(CN(C)C)C(=O)Nc1cccc(-c2ncnc3[nH]cc(C(=O)O)c23)c1. The normalized spacial score (nSPS) is 10.9. The predicted octanol–water partition coefficient (Wildman–Crippen LogP) is 2.38. The zero-order chi connectivity index (χ0) is 19.6. The number of carboxylic acid groups (broad SMARTS) is 1. The van der Waals surface area contributed by atoms with Gasteiger partial charge in [0.05, 0.1) is 16.6 Å². The molecule has 8 heteroatoms. The summed E-state index contributed by atoms with van der Waals surface area (Å²) in [4.78, 5) is 36.8. The molecule has 0 aliphatic carbocycles. The Kier molecular flexibility index (Phi) is 5.00. The van der Waals surface area contributed by atoms with E-state index in [1.54, 1.807) is 24.3 Å². The van der Waals surface area contributed by atoms with Crippen LogP contribution in [-0.4, -0.2) is 57.5 Å². The Morgan fingerprint density at radius 3 is 2.78 bits per heavy atom. The van der Waals surface area contributed by atoms with E-state index in [2.05, 4.69) is 26.8 Å². The van der Waals surface area contributed by atoms with Gasteiger partial charge in [-0.1, -0.05) is 18.7 Å². The summed E-state index contributed by atoms with van der Waals surface area (Å²) in [5.74, 6) is -1.34. The molecular weight excluding hydrogens is 346 g/mol. The van der Waals surface area contributed by atoms with E-state index < -0.39 is 5.97 Å². The second-order valence-electron chi connectivity index (χ2n) is 6.33. The van der Waals surface area contributed by atoms with Crippen molar-refractivity contribution in [1.29, 1.82) is 0 Å². The zero-order valence-electron chi connectivity index (χ0n) is 15.0. The molecule has 3 N–H and O–H groups in total. The Hall–Kier alpha value is -3.52. The number of fused-ring (bicyclic) bond motifs is 1. The van der Waals surface area contributed by atoms with E-state index in [4.69, 9.17) is 0 Å². The van der Waals surface area contributed by atoms with Gasteiger partial charge in [-0.15, -0.1) is 0 Å². The third kappa shape index (κ3) is 3.85. The van der Waals surface area contributed by atoms with Crippen molar-refractivity contribution in [2.75, 3.05) is 26.0 Å². The minimum absolute atomic E-state index is 0.0920. The van der Waals surface area contributed by atoms with Crippen LogP contribution in [0.25, 0.3) is 22.3 Å². The number of amides is 1. The first-order chi connectivity index (χ1) is 12.9. The van der Waals surface area contributed by atoms with Crippen molar-refractivity contribution < 1.29 is 14.7 Å². The standard InChI is InChI=1S/C19H19N5O3/c1-11(9-24(2)3)18(25)23-13-6-4-5-12(7-13)16-15-14(19(26)27)8-20-17(15)22-10-21-16/h4-8,10H,1,9H2,2-3H3,(H,23,25)(H,26,27)(H,20,21,22). The molecule has 0 atom stereocenters. The molecule has 0 saturated carbocycles. The molecule has 3 aromatic rings. The lowest BCUT2D eigenvalue weighted by Gasteiger charge is -2.13. The number of H-pyrrole nitrogens is 1. The van der Waals surface area contributed by atoms with Crippen molar-refractivity contribution in [3.05, 3.63) is 54.5 Å². The second-order valence-corrected chi connectivity index (χ2v) is 6.33. The van der Waals surface area contributed by atoms with E-state index >= 15 is 0 Å². The molecule has 138 valence electrons. The highest BCUT2D eigenvalue weighted by molar-refractivity contribution is 6.08. The average Bonchev–Trinajstić information content (AvgIpc) is 3.05. The lowest BCUT2D eigenvalue weighted by Crippen LogP contribution is -2.23. The molecular formula is C19H19N5O3. The molecule has 0 unspecified atom stereocenters. The second kappa shape index (κ2) is 7.38. The van der Waals surface area contributed by atoms with Crippen LogP contribution in [0.3, 0.4) is 0 Å². The molecule has 8 nitrogen and oxygen atoms in total. The highest BCUT2D eigenvalue weighted by Crippen LogP contribution is 2.29. The van der Waals surface area contributed by atoms with Gasteiger partial charge in [0.2, 0.25) is 0 Å². The number of hydrogen-bond acceptors (Lipinski definition) is 5. The van der Waals surface area contributed by atoms with Crippen LogP contribution in [0.15, 0.2) is 48.9 Å². The van der Waals surface area contributed by atoms with E-state index in [1.807, 2.05) is 19.0 Å². The largest absolute Gasteiger partial charge is 0.478 e. The summed E-state index contributed by atoms with van der Waals surface area (Å²) in [7, 11) is 3.71.